The first-order chi connectivity index (χ1) is 16.8. The monoisotopic (exact) mass is 464 g/mol. The molecule has 2 aromatic carbocycles. The van der Waals surface area contributed by atoms with E-state index in [2.05, 4.69) is 55.8 Å². The summed E-state index contributed by atoms with van der Waals surface area (Å²) < 4.78 is 1.24. The highest BCUT2D eigenvalue weighted by molar-refractivity contribution is 7.22. The molecule has 7 heteroatoms. The third-order valence-electron chi connectivity index (χ3n) is 6.38. The smallest absolute Gasteiger partial charge is 0.103 e. The number of piperazine rings is 1. The van der Waals surface area contributed by atoms with Crippen LogP contribution in [0.25, 0.3) is 31.4 Å². The number of nitrogens with one attached hydrogen (secondary N) is 3. The minimum absolute atomic E-state index is 0.530. The second kappa shape index (κ2) is 8.92. The van der Waals surface area contributed by atoms with E-state index >= 15 is 0 Å². The molecule has 5 aromatic rings. The van der Waals surface area contributed by atoms with Gasteiger partial charge in [-0.2, -0.15) is 5.26 Å². The lowest BCUT2D eigenvalue weighted by atomic mass is 10.1. The van der Waals surface area contributed by atoms with E-state index < -0.39 is 0 Å². The molecule has 0 atom stereocenters. The van der Waals surface area contributed by atoms with Gasteiger partial charge in [-0.25, -0.2) is 0 Å². The molecule has 0 saturated carbocycles. The van der Waals surface area contributed by atoms with Crippen LogP contribution in [0.3, 0.4) is 0 Å². The van der Waals surface area contributed by atoms with Crippen LogP contribution < -0.4 is 10.6 Å². The number of benzene rings is 2. The largest absolute Gasteiger partial charge is 0.361 e. The fourth-order valence-electron chi connectivity index (χ4n) is 4.65. The summed E-state index contributed by atoms with van der Waals surface area (Å²) in [5.41, 5.74) is 5.61. The van der Waals surface area contributed by atoms with Gasteiger partial charge in [-0.15, -0.1) is 11.3 Å². The van der Waals surface area contributed by atoms with Gasteiger partial charge in [-0.3, -0.25) is 9.88 Å². The Hall–Kier alpha value is -3.70. The molecule has 0 unspecified atom stereocenters. The molecule has 168 valence electrons. The number of pyridine rings is 1. The fourth-order valence-corrected chi connectivity index (χ4v) is 5.71. The predicted molar refractivity (Wildman–Crippen MR) is 139 cm³/mol. The summed E-state index contributed by atoms with van der Waals surface area (Å²) in [6, 6.07) is 19.4. The Morgan fingerprint density at radius 1 is 1.09 bits per heavy atom. The molecule has 6 rings (SSSR count). The number of aromatic nitrogens is 2. The van der Waals surface area contributed by atoms with Crippen molar-refractivity contribution in [3.05, 3.63) is 78.2 Å². The number of rotatable bonds is 5. The second-order valence-corrected chi connectivity index (χ2v) is 9.68. The van der Waals surface area contributed by atoms with Gasteiger partial charge in [0, 0.05) is 83.0 Å². The zero-order valence-corrected chi connectivity index (χ0v) is 19.5. The van der Waals surface area contributed by atoms with E-state index in [9.17, 15) is 5.26 Å². The van der Waals surface area contributed by atoms with Gasteiger partial charge in [0.15, 0.2) is 0 Å². The second-order valence-electron chi connectivity index (χ2n) is 8.60. The molecule has 0 spiro atoms. The molecule has 1 fully saturated rings. The summed E-state index contributed by atoms with van der Waals surface area (Å²) in [7, 11) is 0. The lowest BCUT2D eigenvalue weighted by Gasteiger charge is -2.27. The lowest BCUT2D eigenvalue weighted by molar-refractivity contribution is 0.233. The van der Waals surface area contributed by atoms with Crippen molar-refractivity contribution >= 4 is 43.7 Å². The Labute approximate surface area is 201 Å². The molecule has 34 heavy (non-hydrogen) atoms. The van der Waals surface area contributed by atoms with Gasteiger partial charge < -0.3 is 15.6 Å². The van der Waals surface area contributed by atoms with Crippen LogP contribution >= 0.6 is 11.3 Å². The van der Waals surface area contributed by atoms with Crippen LogP contribution in [0, 0.1) is 11.3 Å². The van der Waals surface area contributed by atoms with E-state index in [0.717, 1.165) is 65.4 Å². The minimum Gasteiger partial charge on any atom is -0.361 e. The fraction of sp³-hybridized carbons (Fsp3) is 0.185. The average Bonchev–Trinajstić information content (AvgIpc) is 3.52. The van der Waals surface area contributed by atoms with E-state index in [1.807, 2.05) is 36.7 Å². The van der Waals surface area contributed by atoms with E-state index in [4.69, 9.17) is 0 Å². The van der Waals surface area contributed by atoms with Gasteiger partial charge in [-0.1, -0.05) is 12.1 Å². The van der Waals surface area contributed by atoms with Crippen molar-refractivity contribution in [3.63, 3.8) is 0 Å². The Morgan fingerprint density at radius 2 is 2.00 bits per heavy atom. The van der Waals surface area contributed by atoms with Gasteiger partial charge in [0.25, 0.3) is 0 Å². The molecule has 1 aliphatic heterocycles. The van der Waals surface area contributed by atoms with Crippen LogP contribution in [-0.2, 0) is 6.54 Å². The normalized spacial score (nSPS) is 14.4. The summed E-state index contributed by atoms with van der Waals surface area (Å²) >= 11 is 1.74. The number of anilines is 2. The molecule has 0 bridgehead atoms. The van der Waals surface area contributed by atoms with Crippen molar-refractivity contribution in [3.8, 4) is 16.5 Å². The molecule has 0 amide bonds. The number of aromatic amines is 1. The SMILES string of the molecule is N#Cc1cncc(-c2cc3cc(CN4CCNCC4)ccc3s2)c1Nc1cccc2[nH]ccc12. The quantitative estimate of drug-likeness (QED) is 0.322. The molecule has 3 N–H and O–H groups in total. The summed E-state index contributed by atoms with van der Waals surface area (Å²) in [5.74, 6) is 0. The molecule has 1 aliphatic rings. The molecule has 3 aromatic heterocycles. The molecule has 0 radical (unpaired) electrons. The molecule has 4 heterocycles. The highest BCUT2D eigenvalue weighted by Crippen LogP contribution is 2.40. The number of hydrogen-bond donors (Lipinski definition) is 3. The predicted octanol–water partition coefficient (Wildman–Crippen LogP) is 5.47. The van der Waals surface area contributed by atoms with Crippen molar-refractivity contribution < 1.29 is 0 Å². The topological polar surface area (TPSA) is 79.8 Å². The van der Waals surface area contributed by atoms with Gasteiger partial charge in [0.1, 0.15) is 6.07 Å². The van der Waals surface area contributed by atoms with E-state index in [0.29, 0.717) is 5.56 Å². The zero-order chi connectivity index (χ0) is 22.9. The summed E-state index contributed by atoms with van der Waals surface area (Å²) in [4.78, 5) is 11.2. The zero-order valence-electron chi connectivity index (χ0n) is 18.6. The first-order valence-corrected chi connectivity index (χ1v) is 12.3. The van der Waals surface area contributed by atoms with Crippen molar-refractivity contribution in [2.75, 3.05) is 31.5 Å². The van der Waals surface area contributed by atoms with Crippen molar-refractivity contribution in [2.24, 2.45) is 0 Å². The molecular formula is C27H24N6S. The van der Waals surface area contributed by atoms with Crippen LogP contribution in [0.5, 0.6) is 0 Å². The van der Waals surface area contributed by atoms with Gasteiger partial charge in [0.05, 0.1) is 11.3 Å². The van der Waals surface area contributed by atoms with Crippen molar-refractivity contribution in [2.45, 2.75) is 6.54 Å². The van der Waals surface area contributed by atoms with Gasteiger partial charge in [-0.05, 0) is 47.3 Å². The Kier molecular flexibility index (Phi) is 5.47. The van der Waals surface area contributed by atoms with Gasteiger partial charge >= 0.3 is 0 Å². The van der Waals surface area contributed by atoms with E-state index in [1.54, 1.807) is 17.5 Å². The molecule has 6 nitrogen and oxygen atoms in total. The van der Waals surface area contributed by atoms with Crippen LogP contribution in [0.1, 0.15) is 11.1 Å². The number of fused-ring (bicyclic) bond motifs is 2. The third-order valence-corrected chi connectivity index (χ3v) is 7.53. The number of hydrogen-bond acceptors (Lipinski definition) is 6. The lowest BCUT2D eigenvalue weighted by Crippen LogP contribution is -2.42. The number of nitriles is 1. The maximum atomic E-state index is 9.83. The van der Waals surface area contributed by atoms with Crippen LogP contribution in [-0.4, -0.2) is 41.0 Å². The Morgan fingerprint density at radius 3 is 2.88 bits per heavy atom. The highest BCUT2D eigenvalue weighted by Gasteiger charge is 2.16. The number of thiophene rings is 1. The maximum Gasteiger partial charge on any atom is 0.103 e. The summed E-state index contributed by atoms with van der Waals surface area (Å²) in [6.45, 7) is 5.26. The number of H-pyrrole nitrogens is 1. The Bertz CT molecular complexity index is 1520. The first kappa shape index (κ1) is 20.9. The minimum atomic E-state index is 0.530. The van der Waals surface area contributed by atoms with Crippen LogP contribution in [0.15, 0.2) is 67.1 Å². The summed E-state index contributed by atoms with van der Waals surface area (Å²) in [6.07, 6.45) is 5.41. The first-order valence-electron chi connectivity index (χ1n) is 11.5. The van der Waals surface area contributed by atoms with Crippen LogP contribution in [0.2, 0.25) is 0 Å². The Balaban J connectivity index is 1.38. The third kappa shape index (κ3) is 3.93. The van der Waals surface area contributed by atoms with Crippen molar-refractivity contribution in [1.29, 1.82) is 5.26 Å². The molecule has 1 saturated heterocycles. The molecular weight excluding hydrogens is 440 g/mol. The standard InChI is InChI=1S/C27H24N6S/c28-14-20-15-30-16-22(27(20)32-24-3-1-2-23-21(24)6-7-31-23)26-13-19-12-18(4-5-25(19)34-26)17-33-10-8-29-9-11-33/h1-7,12-13,15-16,29,31H,8-11,17H2,(H,30,32). The number of nitrogens with zero attached hydrogens (tertiary/aromatic N) is 3. The van der Waals surface area contributed by atoms with E-state index in [-0.39, 0.29) is 0 Å². The maximum absolute atomic E-state index is 9.83. The molecule has 0 aliphatic carbocycles. The van der Waals surface area contributed by atoms with Crippen LogP contribution in [0.4, 0.5) is 11.4 Å². The highest BCUT2D eigenvalue weighted by atomic mass is 32.1. The summed E-state index contributed by atoms with van der Waals surface area (Å²) in [5, 5.41) is 19.1. The average molecular weight is 465 g/mol. The van der Waals surface area contributed by atoms with Crippen molar-refractivity contribution in [1.82, 2.24) is 20.2 Å². The van der Waals surface area contributed by atoms with E-state index in [1.165, 1.54) is 15.6 Å². The van der Waals surface area contributed by atoms with Gasteiger partial charge in [0.2, 0.25) is 0 Å².